The number of hydrogen-bond acceptors (Lipinski definition) is 6. The van der Waals surface area contributed by atoms with E-state index in [9.17, 15) is 0 Å². The van der Waals surface area contributed by atoms with Gasteiger partial charge in [-0.1, -0.05) is 12.0 Å². The van der Waals surface area contributed by atoms with Crippen molar-refractivity contribution in [2.24, 2.45) is 0 Å². The molecule has 0 aromatic carbocycles. The molecule has 0 aliphatic carbocycles. The first kappa shape index (κ1) is 12.3. The Labute approximate surface area is 101 Å². The highest BCUT2D eigenvalue weighted by Gasteiger charge is 2.29. The van der Waals surface area contributed by atoms with Crippen LogP contribution in [0.15, 0.2) is 4.42 Å². The third kappa shape index (κ3) is 3.41. The number of hydrogen-bond donors (Lipinski definition) is 2. The number of ether oxygens (including phenoxy) is 1. The Morgan fingerprint density at radius 3 is 3.00 bits per heavy atom. The first-order valence-corrected chi connectivity index (χ1v) is 6.13. The second-order valence-corrected chi connectivity index (χ2v) is 4.54. The van der Waals surface area contributed by atoms with Gasteiger partial charge in [-0.15, -0.1) is 5.10 Å². The Kier molecular flexibility index (Phi) is 3.96. The molecule has 1 aliphatic rings. The summed E-state index contributed by atoms with van der Waals surface area (Å²) in [5.74, 6) is 0.604. The lowest BCUT2D eigenvalue weighted by atomic mass is 10.0. The zero-order chi connectivity index (χ0) is 12.1. The molecule has 0 bridgehead atoms. The average Bonchev–Trinajstić information content (AvgIpc) is 2.94. The summed E-state index contributed by atoms with van der Waals surface area (Å²) in [6.07, 6.45) is 2.19. The van der Waals surface area contributed by atoms with Crippen LogP contribution < -0.4 is 10.6 Å². The maximum absolute atomic E-state index is 5.67. The van der Waals surface area contributed by atoms with Gasteiger partial charge in [0.05, 0.1) is 12.1 Å². The van der Waals surface area contributed by atoms with E-state index in [1.807, 2.05) is 6.92 Å². The summed E-state index contributed by atoms with van der Waals surface area (Å²) < 4.78 is 11.1. The van der Waals surface area contributed by atoms with Crippen molar-refractivity contribution in [3.63, 3.8) is 0 Å². The minimum atomic E-state index is -0.101. The molecule has 0 radical (unpaired) electrons. The molecule has 2 heterocycles. The molecule has 6 nitrogen and oxygen atoms in total. The van der Waals surface area contributed by atoms with Crippen molar-refractivity contribution in [2.75, 3.05) is 25.0 Å². The summed E-state index contributed by atoms with van der Waals surface area (Å²) in [7, 11) is 0. The predicted octanol–water partition coefficient (Wildman–Crippen LogP) is 1.16. The molecule has 2 rings (SSSR count). The Morgan fingerprint density at radius 2 is 2.29 bits per heavy atom. The maximum atomic E-state index is 5.67. The van der Waals surface area contributed by atoms with E-state index in [0.29, 0.717) is 25.0 Å². The van der Waals surface area contributed by atoms with Crippen molar-refractivity contribution in [2.45, 2.75) is 38.8 Å². The smallest absolute Gasteiger partial charge is 0.315 e. The third-order valence-electron chi connectivity index (χ3n) is 2.91. The van der Waals surface area contributed by atoms with Crippen LogP contribution in [0.3, 0.4) is 0 Å². The summed E-state index contributed by atoms with van der Waals surface area (Å²) in [5.41, 5.74) is -0.101. The fourth-order valence-corrected chi connectivity index (χ4v) is 1.87. The van der Waals surface area contributed by atoms with Gasteiger partial charge in [0.2, 0.25) is 5.89 Å². The summed E-state index contributed by atoms with van der Waals surface area (Å²) in [4.78, 5) is 0. The van der Waals surface area contributed by atoms with E-state index in [-0.39, 0.29) is 5.60 Å². The van der Waals surface area contributed by atoms with Gasteiger partial charge in [0, 0.05) is 13.2 Å². The van der Waals surface area contributed by atoms with E-state index in [2.05, 4.69) is 27.8 Å². The number of nitrogens with one attached hydrogen (secondary N) is 2. The molecule has 1 saturated heterocycles. The van der Waals surface area contributed by atoms with E-state index < -0.39 is 0 Å². The average molecular weight is 240 g/mol. The molecule has 17 heavy (non-hydrogen) atoms. The van der Waals surface area contributed by atoms with Gasteiger partial charge in [-0.25, -0.2) is 0 Å². The fourth-order valence-electron chi connectivity index (χ4n) is 1.87. The Bertz CT molecular complexity index is 347. The third-order valence-corrected chi connectivity index (χ3v) is 2.91. The summed E-state index contributed by atoms with van der Waals surface area (Å²) in [5, 5.41) is 14.1. The van der Waals surface area contributed by atoms with Crippen LogP contribution in [0.2, 0.25) is 0 Å². The van der Waals surface area contributed by atoms with Crippen LogP contribution in [-0.4, -0.2) is 35.5 Å². The van der Waals surface area contributed by atoms with Crippen LogP contribution in [0, 0.1) is 0 Å². The molecule has 0 amide bonds. The van der Waals surface area contributed by atoms with Gasteiger partial charge >= 0.3 is 6.01 Å². The van der Waals surface area contributed by atoms with E-state index in [4.69, 9.17) is 9.15 Å². The first-order chi connectivity index (χ1) is 8.22. The molecule has 6 heteroatoms. The van der Waals surface area contributed by atoms with Gasteiger partial charge in [0.1, 0.15) is 0 Å². The van der Waals surface area contributed by atoms with E-state index in [1.54, 1.807) is 0 Å². The molecule has 1 atom stereocenters. The highest BCUT2D eigenvalue weighted by atomic mass is 16.5. The second kappa shape index (κ2) is 5.46. The fraction of sp³-hybridized carbons (Fsp3) is 0.818. The summed E-state index contributed by atoms with van der Waals surface area (Å²) in [6, 6.07) is 0.467. The molecule has 0 saturated carbocycles. The number of rotatable bonds is 6. The first-order valence-electron chi connectivity index (χ1n) is 6.13. The van der Waals surface area contributed by atoms with Crippen LogP contribution in [0.1, 0.15) is 32.6 Å². The predicted molar refractivity (Wildman–Crippen MR) is 63.8 cm³/mol. The van der Waals surface area contributed by atoms with Gasteiger partial charge < -0.3 is 19.8 Å². The van der Waals surface area contributed by atoms with Crippen LogP contribution >= 0.6 is 0 Å². The van der Waals surface area contributed by atoms with Gasteiger partial charge in [0.15, 0.2) is 0 Å². The lowest BCUT2D eigenvalue weighted by molar-refractivity contribution is 0.0311. The van der Waals surface area contributed by atoms with Crippen LogP contribution in [0.25, 0.3) is 0 Å². The summed E-state index contributed by atoms with van der Waals surface area (Å²) >= 11 is 0. The largest absolute Gasteiger partial charge is 0.407 e. The van der Waals surface area contributed by atoms with E-state index in [0.717, 1.165) is 26.0 Å². The van der Waals surface area contributed by atoms with Crippen molar-refractivity contribution in [1.82, 2.24) is 15.5 Å². The molecule has 96 valence electrons. The molecular weight excluding hydrogens is 220 g/mol. The topological polar surface area (TPSA) is 72.2 Å². The van der Waals surface area contributed by atoms with Crippen LogP contribution in [-0.2, 0) is 11.3 Å². The monoisotopic (exact) mass is 240 g/mol. The minimum absolute atomic E-state index is 0.101. The van der Waals surface area contributed by atoms with Gasteiger partial charge in [-0.2, -0.15) is 0 Å². The van der Waals surface area contributed by atoms with E-state index >= 15 is 0 Å². The number of anilines is 1. The molecule has 2 N–H and O–H groups in total. The molecule has 1 aliphatic heterocycles. The molecular formula is C11H20N4O2. The molecule has 1 aromatic rings. The molecule has 1 aromatic heterocycles. The minimum Gasteiger partial charge on any atom is -0.407 e. The van der Waals surface area contributed by atoms with Gasteiger partial charge in [0.25, 0.3) is 0 Å². The molecule has 1 unspecified atom stereocenters. The van der Waals surface area contributed by atoms with Crippen molar-refractivity contribution in [1.29, 1.82) is 0 Å². The zero-order valence-corrected chi connectivity index (χ0v) is 10.5. The Hall–Kier alpha value is -1.14. The second-order valence-electron chi connectivity index (χ2n) is 4.54. The summed E-state index contributed by atoms with van der Waals surface area (Å²) in [6.45, 7) is 7.18. The number of nitrogens with zero attached hydrogens (tertiary/aromatic N) is 2. The Morgan fingerprint density at radius 1 is 1.41 bits per heavy atom. The lowest BCUT2D eigenvalue weighted by Crippen LogP contribution is -2.32. The zero-order valence-electron chi connectivity index (χ0n) is 10.5. The van der Waals surface area contributed by atoms with Gasteiger partial charge in [-0.3, -0.25) is 0 Å². The van der Waals surface area contributed by atoms with Crippen LogP contribution in [0.5, 0.6) is 0 Å². The molecule has 1 fully saturated rings. The number of aromatic nitrogens is 2. The Balaban J connectivity index is 1.80. The quantitative estimate of drug-likeness (QED) is 0.777. The highest BCUT2D eigenvalue weighted by Crippen LogP contribution is 2.25. The highest BCUT2D eigenvalue weighted by molar-refractivity contribution is 5.18. The van der Waals surface area contributed by atoms with E-state index in [1.165, 1.54) is 0 Å². The lowest BCUT2D eigenvalue weighted by Gasteiger charge is -2.22. The van der Waals surface area contributed by atoms with Crippen molar-refractivity contribution < 1.29 is 9.15 Å². The standard InChI is InChI=1S/C11H20N4O2/c1-3-12-7-9-14-15-10(17-9)13-8-11(2)5-4-6-16-11/h12H,3-8H2,1-2H3,(H,13,15). The van der Waals surface area contributed by atoms with Crippen molar-refractivity contribution in [3.05, 3.63) is 5.89 Å². The maximum Gasteiger partial charge on any atom is 0.315 e. The van der Waals surface area contributed by atoms with Gasteiger partial charge in [-0.05, 0) is 26.3 Å². The van der Waals surface area contributed by atoms with Crippen molar-refractivity contribution >= 4 is 6.01 Å². The normalized spacial score (nSPS) is 24.1. The SMILES string of the molecule is CCNCc1nnc(NCC2(C)CCCO2)o1. The van der Waals surface area contributed by atoms with Crippen molar-refractivity contribution in [3.8, 4) is 0 Å². The molecule has 0 spiro atoms. The van der Waals surface area contributed by atoms with Crippen LogP contribution in [0.4, 0.5) is 6.01 Å².